The van der Waals surface area contributed by atoms with Crippen LogP contribution in [0, 0.1) is 6.92 Å². The zero-order valence-corrected chi connectivity index (χ0v) is 14.7. The summed E-state index contributed by atoms with van der Waals surface area (Å²) in [6.45, 7) is 3.93. The summed E-state index contributed by atoms with van der Waals surface area (Å²) in [7, 11) is 0. The van der Waals surface area contributed by atoms with Crippen molar-refractivity contribution in [3.63, 3.8) is 0 Å². The van der Waals surface area contributed by atoms with E-state index < -0.39 is 0 Å². The fourth-order valence-electron chi connectivity index (χ4n) is 1.96. The summed E-state index contributed by atoms with van der Waals surface area (Å²) in [5, 5.41) is 4.81. The molecule has 2 aromatic rings. The molecule has 1 amide bonds. The number of hydrazone groups is 1. The molecule has 0 saturated carbocycles. The number of nitrogens with zero attached hydrogens (tertiary/aromatic N) is 1. The second-order valence-electron chi connectivity index (χ2n) is 5.16. The Kier molecular flexibility index (Phi) is 6.68. The number of rotatable bonds is 6. The standard InChI is InChI=1S/C18H19ClN2OS/c1-13-5-3-4-6-16(13)11-23-12-18(22)21-20-14(2)15-7-9-17(19)10-8-15/h3-10H,11-12H2,1-2H3,(H,21,22)/b20-14-. The van der Waals surface area contributed by atoms with Crippen LogP contribution in [0.5, 0.6) is 0 Å². The Morgan fingerprint density at radius 2 is 1.87 bits per heavy atom. The van der Waals surface area contributed by atoms with Gasteiger partial charge < -0.3 is 0 Å². The maximum Gasteiger partial charge on any atom is 0.250 e. The van der Waals surface area contributed by atoms with E-state index in [1.54, 1.807) is 23.9 Å². The smallest absolute Gasteiger partial charge is 0.250 e. The van der Waals surface area contributed by atoms with E-state index in [0.717, 1.165) is 17.0 Å². The van der Waals surface area contributed by atoms with Gasteiger partial charge in [-0.25, -0.2) is 5.43 Å². The first-order valence-electron chi connectivity index (χ1n) is 7.27. The van der Waals surface area contributed by atoms with Gasteiger partial charge in [-0.1, -0.05) is 48.0 Å². The van der Waals surface area contributed by atoms with E-state index in [-0.39, 0.29) is 5.91 Å². The molecule has 0 unspecified atom stereocenters. The van der Waals surface area contributed by atoms with E-state index in [1.807, 2.05) is 31.2 Å². The molecular weight excluding hydrogens is 328 g/mol. The molecular formula is C18H19ClN2OS. The zero-order chi connectivity index (χ0) is 16.7. The van der Waals surface area contributed by atoms with Gasteiger partial charge in [0.1, 0.15) is 0 Å². The number of amides is 1. The molecule has 1 N–H and O–H groups in total. The summed E-state index contributed by atoms with van der Waals surface area (Å²) < 4.78 is 0. The van der Waals surface area contributed by atoms with Crippen LogP contribution in [0.15, 0.2) is 53.6 Å². The van der Waals surface area contributed by atoms with Crippen molar-refractivity contribution in [2.24, 2.45) is 5.10 Å². The van der Waals surface area contributed by atoms with E-state index in [4.69, 9.17) is 11.6 Å². The van der Waals surface area contributed by atoms with Gasteiger partial charge in [0.15, 0.2) is 0 Å². The average molecular weight is 347 g/mol. The van der Waals surface area contributed by atoms with Crippen LogP contribution >= 0.6 is 23.4 Å². The molecule has 0 bridgehead atoms. The fourth-order valence-corrected chi connectivity index (χ4v) is 2.98. The maximum atomic E-state index is 11.8. The number of carbonyl (C=O) groups is 1. The monoisotopic (exact) mass is 346 g/mol. The number of nitrogens with one attached hydrogen (secondary N) is 1. The second kappa shape index (κ2) is 8.75. The fraction of sp³-hybridized carbons (Fsp3) is 0.222. The molecule has 3 nitrogen and oxygen atoms in total. The zero-order valence-electron chi connectivity index (χ0n) is 13.2. The highest BCUT2D eigenvalue weighted by Gasteiger charge is 2.03. The number of carbonyl (C=O) groups excluding carboxylic acids is 1. The van der Waals surface area contributed by atoms with Gasteiger partial charge in [0.25, 0.3) is 0 Å². The Labute approximate surface area is 146 Å². The molecule has 0 aliphatic heterocycles. The van der Waals surface area contributed by atoms with Crippen LogP contribution in [0.4, 0.5) is 0 Å². The van der Waals surface area contributed by atoms with Crippen molar-refractivity contribution in [2.45, 2.75) is 19.6 Å². The molecule has 0 radical (unpaired) electrons. The summed E-state index contributed by atoms with van der Waals surface area (Å²) in [5.41, 5.74) is 6.78. The molecule has 0 aliphatic rings. The van der Waals surface area contributed by atoms with Gasteiger partial charge in [0.2, 0.25) is 5.91 Å². The molecule has 2 aromatic carbocycles. The minimum absolute atomic E-state index is 0.100. The number of thioether (sulfide) groups is 1. The van der Waals surface area contributed by atoms with Crippen molar-refractivity contribution in [3.05, 3.63) is 70.2 Å². The molecule has 5 heteroatoms. The van der Waals surface area contributed by atoms with E-state index >= 15 is 0 Å². The third kappa shape index (κ3) is 5.73. The minimum Gasteiger partial charge on any atom is -0.272 e. The molecule has 0 heterocycles. The van der Waals surface area contributed by atoms with E-state index in [0.29, 0.717) is 10.8 Å². The molecule has 0 aromatic heterocycles. The Hall–Kier alpha value is -1.78. The van der Waals surface area contributed by atoms with Crippen LogP contribution in [0.2, 0.25) is 5.02 Å². The lowest BCUT2D eigenvalue weighted by Gasteiger charge is -2.05. The quantitative estimate of drug-likeness (QED) is 0.621. The van der Waals surface area contributed by atoms with Gasteiger partial charge in [0, 0.05) is 10.8 Å². The Morgan fingerprint density at radius 1 is 1.17 bits per heavy atom. The van der Waals surface area contributed by atoms with Gasteiger partial charge in [-0.2, -0.15) is 5.10 Å². The van der Waals surface area contributed by atoms with Crippen molar-refractivity contribution in [2.75, 3.05) is 5.75 Å². The van der Waals surface area contributed by atoms with Gasteiger partial charge >= 0.3 is 0 Å². The predicted molar refractivity (Wildman–Crippen MR) is 99.1 cm³/mol. The van der Waals surface area contributed by atoms with Crippen molar-refractivity contribution in [1.29, 1.82) is 0 Å². The van der Waals surface area contributed by atoms with Crippen LogP contribution in [-0.2, 0) is 10.5 Å². The Bertz CT molecular complexity index is 698. The summed E-state index contributed by atoms with van der Waals surface area (Å²) in [4.78, 5) is 11.8. The van der Waals surface area contributed by atoms with Crippen molar-refractivity contribution < 1.29 is 4.79 Å². The van der Waals surface area contributed by atoms with Crippen molar-refractivity contribution in [3.8, 4) is 0 Å². The molecule has 120 valence electrons. The first-order valence-corrected chi connectivity index (χ1v) is 8.81. The van der Waals surface area contributed by atoms with Crippen LogP contribution in [-0.4, -0.2) is 17.4 Å². The number of halogens is 1. The first kappa shape index (κ1) is 17.6. The molecule has 23 heavy (non-hydrogen) atoms. The average Bonchev–Trinajstić information content (AvgIpc) is 2.55. The van der Waals surface area contributed by atoms with Crippen LogP contribution in [0.1, 0.15) is 23.6 Å². The Balaban J connectivity index is 1.79. The van der Waals surface area contributed by atoms with Crippen molar-refractivity contribution in [1.82, 2.24) is 5.43 Å². The molecule has 0 spiro atoms. The van der Waals surface area contributed by atoms with E-state index in [9.17, 15) is 4.79 Å². The second-order valence-corrected chi connectivity index (χ2v) is 6.58. The van der Waals surface area contributed by atoms with Crippen LogP contribution in [0.25, 0.3) is 0 Å². The summed E-state index contributed by atoms with van der Waals surface area (Å²) in [6, 6.07) is 15.6. The lowest BCUT2D eigenvalue weighted by atomic mass is 10.1. The number of aryl methyl sites for hydroxylation is 1. The maximum absolute atomic E-state index is 11.8. The van der Waals surface area contributed by atoms with E-state index in [2.05, 4.69) is 29.6 Å². The summed E-state index contributed by atoms with van der Waals surface area (Å²) >= 11 is 7.43. The molecule has 0 atom stereocenters. The topological polar surface area (TPSA) is 41.5 Å². The highest BCUT2D eigenvalue weighted by molar-refractivity contribution is 7.99. The normalized spacial score (nSPS) is 11.3. The molecule has 0 fully saturated rings. The Morgan fingerprint density at radius 3 is 2.57 bits per heavy atom. The third-order valence-electron chi connectivity index (χ3n) is 3.36. The molecule has 2 rings (SSSR count). The third-order valence-corrected chi connectivity index (χ3v) is 4.60. The molecule has 0 saturated heterocycles. The van der Waals surface area contributed by atoms with Crippen LogP contribution in [0.3, 0.4) is 0 Å². The van der Waals surface area contributed by atoms with E-state index in [1.165, 1.54) is 11.1 Å². The predicted octanol–water partition coefficient (Wildman–Crippen LogP) is 4.42. The van der Waals surface area contributed by atoms with Gasteiger partial charge in [-0.3, -0.25) is 4.79 Å². The van der Waals surface area contributed by atoms with Crippen LogP contribution < -0.4 is 5.43 Å². The highest BCUT2D eigenvalue weighted by Crippen LogP contribution is 2.15. The summed E-state index contributed by atoms with van der Waals surface area (Å²) in [5.74, 6) is 1.10. The minimum atomic E-state index is -0.100. The number of hydrogen-bond donors (Lipinski definition) is 1. The van der Waals surface area contributed by atoms with Gasteiger partial charge in [0.05, 0.1) is 11.5 Å². The molecule has 0 aliphatic carbocycles. The van der Waals surface area contributed by atoms with Gasteiger partial charge in [-0.15, -0.1) is 11.8 Å². The summed E-state index contributed by atoms with van der Waals surface area (Å²) in [6.07, 6.45) is 0. The largest absolute Gasteiger partial charge is 0.272 e. The lowest BCUT2D eigenvalue weighted by Crippen LogP contribution is -2.21. The SMILES string of the molecule is C/C(=N/NC(=O)CSCc1ccccc1C)c1ccc(Cl)cc1. The first-order chi connectivity index (χ1) is 11.1. The highest BCUT2D eigenvalue weighted by atomic mass is 35.5. The number of hydrogen-bond acceptors (Lipinski definition) is 3. The van der Waals surface area contributed by atoms with Gasteiger partial charge in [-0.05, 0) is 42.7 Å². The van der Waals surface area contributed by atoms with Crippen molar-refractivity contribution >= 4 is 35.0 Å². The number of benzene rings is 2. The lowest BCUT2D eigenvalue weighted by molar-refractivity contribution is -0.118.